The van der Waals surface area contributed by atoms with Crippen LogP contribution >= 0.6 is 0 Å². The van der Waals surface area contributed by atoms with Crippen LogP contribution in [0.4, 0.5) is 0 Å². The highest BCUT2D eigenvalue weighted by Gasteiger charge is 2.03. The quantitative estimate of drug-likeness (QED) is 0.741. The lowest BCUT2D eigenvalue weighted by atomic mass is 9.97. The summed E-state index contributed by atoms with van der Waals surface area (Å²) < 4.78 is 0. The molecule has 0 aliphatic carbocycles. The maximum atomic E-state index is 8.73. The van der Waals surface area contributed by atoms with E-state index in [1.54, 1.807) is 0 Å². The lowest BCUT2D eigenvalue weighted by molar-refractivity contribution is 0.946. The van der Waals surface area contributed by atoms with Crippen LogP contribution in [0.25, 0.3) is 0 Å². The second-order valence-corrected chi connectivity index (χ2v) is 3.24. The standard InChI is InChI=1S/C11H14N2/c1-8-5-10(7-13)6-9(2)11(8)3-4-12/h5-6H,3-4,12H2,1-2H3. The maximum Gasteiger partial charge on any atom is 0.0991 e. The van der Waals surface area contributed by atoms with Gasteiger partial charge in [0, 0.05) is 0 Å². The first-order valence-corrected chi connectivity index (χ1v) is 4.39. The van der Waals surface area contributed by atoms with E-state index in [-0.39, 0.29) is 0 Å². The first-order chi connectivity index (χ1) is 6.19. The van der Waals surface area contributed by atoms with Crippen molar-refractivity contribution in [3.63, 3.8) is 0 Å². The van der Waals surface area contributed by atoms with Gasteiger partial charge in [-0.3, -0.25) is 0 Å². The molecule has 0 bridgehead atoms. The predicted molar refractivity (Wildman–Crippen MR) is 53.4 cm³/mol. The Hall–Kier alpha value is -1.33. The molecule has 0 heterocycles. The molecular weight excluding hydrogens is 160 g/mol. The number of nitrogens with two attached hydrogens (primary N) is 1. The van der Waals surface area contributed by atoms with E-state index < -0.39 is 0 Å². The molecule has 0 saturated heterocycles. The van der Waals surface area contributed by atoms with Crippen LogP contribution in [0.3, 0.4) is 0 Å². The van der Waals surface area contributed by atoms with Gasteiger partial charge < -0.3 is 5.73 Å². The lowest BCUT2D eigenvalue weighted by Gasteiger charge is -2.08. The van der Waals surface area contributed by atoms with Crippen molar-refractivity contribution in [3.8, 4) is 6.07 Å². The smallest absolute Gasteiger partial charge is 0.0991 e. The second-order valence-electron chi connectivity index (χ2n) is 3.24. The molecule has 1 aromatic rings. The molecule has 2 heteroatoms. The largest absolute Gasteiger partial charge is 0.330 e. The Morgan fingerprint density at radius 2 is 1.85 bits per heavy atom. The average Bonchev–Trinajstić information content (AvgIpc) is 2.11. The topological polar surface area (TPSA) is 49.8 Å². The van der Waals surface area contributed by atoms with E-state index in [0.29, 0.717) is 6.54 Å². The molecule has 0 amide bonds. The molecule has 68 valence electrons. The van der Waals surface area contributed by atoms with E-state index in [1.165, 1.54) is 16.7 Å². The highest BCUT2D eigenvalue weighted by molar-refractivity contribution is 5.42. The zero-order chi connectivity index (χ0) is 9.84. The number of nitrogens with zero attached hydrogens (tertiary/aromatic N) is 1. The lowest BCUT2D eigenvalue weighted by Crippen LogP contribution is -2.06. The summed E-state index contributed by atoms with van der Waals surface area (Å²) in [5, 5.41) is 8.73. The SMILES string of the molecule is Cc1cc(C#N)cc(C)c1CCN. The van der Waals surface area contributed by atoms with Gasteiger partial charge in [0.2, 0.25) is 0 Å². The molecule has 0 fully saturated rings. The molecule has 0 spiro atoms. The zero-order valence-corrected chi connectivity index (χ0v) is 8.09. The van der Waals surface area contributed by atoms with Gasteiger partial charge in [-0.05, 0) is 55.6 Å². The minimum atomic E-state index is 0.660. The van der Waals surface area contributed by atoms with Gasteiger partial charge in [-0.15, -0.1) is 0 Å². The fourth-order valence-electron chi connectivity index (χ4n) is 1.60. The summed E-state index contributed by atoms with van der Waals surface area (Å²) in [7, 11) is 0. The monoisotopic (exact) mass is 174 g/mol. The molecule has 0 aliphatic rings. The van der Waals surface area contributed by atoms with Crippen molar-refractivity contribution in [2.24, 2.45) is 5.73 Å². The third-order valence-electron chi connectivity index (χ3n) is 2.22. The van der Waals surface area contributed by atoms with Gasteiger partial charge in [0.1, 0.15) is 0 Å². The maximum absolute atomic E-state index is 8.73. The second kappa shape index (κ2) is 4.06. The van der Waals surface area contributed by atoms with Crippen LogP contribution in [0.1, 0.15) is 22.3 Å². The molecular formula is C11H14N2. The van der Waals surface area contributed by atoms with Crippen LogP contribution in [0.15, 0.2) is 12.1 Å². The molecule has 13 heavy (non-hydrogen) atoms. The third-order valence-corrected chi connectivity index (χ3v) is 2.22. The number of hydrogen-bond donors (Lipinski definition) is 1. The molecule has 2 N–H and O–H groups in total. The number of benzene rings is 1. The molecule has 1 rings (SSSR count). The van der Waals surface area contributed by atoms with E-state index in [4.69, 9.17) is 11.0 Å². The van der Waals surface area contributed by atoms with E-state index in [9.17, 15) is 0 Å². The first-order valence-electron chi connectivity index (χ1n) is 4.39. The van der Waals surface area contributed by atoms with Crippen molar-refractivity contribution in [1.29, 1.82) is 5.26 Å². The fourth-order valence-corrected chi connectivity index (χ4v) is 1.60. The van der Waals surface area contributed by atoms with Crippen molar-refractivity contribution >= 4 is 0 Å². The molecule has 0 aromatic heterocycles. The Bertz CT molecular complexity index is 325. The van der Waals surface area contributed by atoms with Crippen LogP contribution in [-0.4, -0.2) is 6.54 Å². The third kappa shape index (κ3) is 2.07. The summed E-state index contributed by atoms with van der Waals surface area (Å²) >= 11 is 0. The fraction of sp³-hybridized carbons (Fsp3) is 0.364. The number of nitriles is 1. The van der Waals surface area contributed by atoms with Crippen LogP contribution in [0, 0.1) is 25.2 Å². The average molecular weight is 174 g/mol. The highest BCUT2D eigenvalue weighted by atomic mass is 14.5. The number of aryl methyl sites for hydroxylation is 2. The molecule has 0 unspecified atom stereocenters. The van der Waals surface area contributed by atoms with Gasteiger partial charge in [-0.1, -0.05) is 0 Å². The summed E-state index contributed by atoms with van der Waals surface area (Å²) in [5.74, 6) is 0. The van der Waals surface area contributed by atoms with Crippen LogP contribution in [0.5, 0.6) is 0 Å². The Morgan fingerprint density at radius 1 is 1.31 bits per heavy atom. The summed E-state index contributed by atoms with van der Waals surface area (Å²) in [5.41, 5.74) is 9.85. The predicted octanol–water partition coefficient (Wildman–Crippen LogP) is 1.68. The Labute approximate surface area is 79.0 Å². The van der Waals surface area contributed by atoms with Crippen molar-refractivity contribution < 1.29 is 0 Å². The van der Waals surface area contributed by atoms with Crippen molar-refractivity contribution in [1.82, 2.24) is 0 Å². The zero-order valence-electron chi connectivity index (χ0n) is 8.09. The van der Waals surface area contributed by atoms with Crippen LogP contribution in [0.2, 0.25) is 0 Å². The number of rotatable bonds is 2. The first kappa shape index (κ1) is 9.76. The molecule has 0 aliphatic heterocycles. The van der Waals surface area contributed by atoms with Gasteiger partial charge >= 0.3 is 0 Å². The minimum Gasteiger partial charge on any atom is -0.330 e. The normalized spacial score (nSPS) is 9.69. The van der Waals surface area contributed by atoms with Gasteiger partial charge in [0.05, 0.1) is 11.6 Å². The van der Waals surface area contributed by atoms with Crippen molar-refractivity contribution in [3.05, 3.63) is 34.4 Å². The highest BCUT2D eigenvalue weighted by Crippen LogP contribution is 2.16. The molecule has 0 saturated carbocycles. The molecule has 0 radical (unpaired) electrons. The van der Waals surface area contributed by atoms with E-state index >= 15 is 0 Å². The van der Waals surface area contributed by atoms with Gasteiger partial charge in [-0.2, -0.15) is 5.26 Å². The Balaban J connectivity index is 3.17. The van der Waals surface area contributed by atoms with E-state index in [0.717, 1.165) is 12.0 Å². The summed E-state index contributed by atoms with van der Waals surface area (Å²) in [4.78, 5) is 0. The summed E-state index contributed by atoms with van der Waals surface area (Å²) in [6.07, 6.45) is 0.892. The molecule has 0 atom stereocenters. The number of hydrogen-bond acceptors (Lipinski definition) is 2. The van der Waals surface area contributed by atoms with Gasteiger partial charge in [0.25, 0.3) is 0 Å². The van der Waals surface area contributed by atoms with Crippen molar-refractivity contribution in [2.45, 2.75) is 20.3 Å². The minimum absolute atomic E-state index is 0.660. The summed E-state index contributed by atoms with van der Waals surface area (Å²) in [6, 6.07) is 5.98. The van der Waals surface area contributed by atoms with E-state index in [2.05, 4.69) is 6.07 Å². The van der Waals surface area contributed by atoms with Crippen LogP contribution < -0.4 is 5.73 Å². The van der Waals surface area contributed by atoms with Crippen molar-refractivity contribution in [2.75, 3.05) is 6.54 Å². The summed E-state index contributed by atoms with van der Waals surface area (Å²) in [6.45, 7) is 4.71. The van der Waals surface area contributed by atoms with Gasteiger partial charge in [0.15, 0.2) is 0 Å². The Kier molecular flexibility index (Phi) is 3.05. The molecule has 2 nitrogen and oxygen atoms in total. The van der Waals surface area contributed by atoms with Crippen LogP contribution in [-0.2, 0) is 6.42 Å². The Morgan fingerprint density at radius 3 is 2.23 bits per heavy atom. The van der Waals surface area contributed by atoms with Gasteiger partial charge in [-0.25, -0.2) is 0 Å². The van der Waals surface area contributed by atoms with E-state index in [1.807, 2.05) is 26.0 Å². The molecule has 1 aromatic carbocycles.